The van der Waals surface area contributed by atoms with Gasteiger partial charge >= 0.3 is 5.97 Å². The average Bonchev–Trinajstić information content (AvgIpc) is 2.94. The second-order valence-electron chi connectivity index (χ2n) is 5.17. The normalized spacial score (nSPS) is 38.0. The number of carbonyl (C=O) groups excluding carboxylic acids is 2. The summed E-state index contributed by atoms with van der Waals surface area (Å²) in [5, 5.41) is 38.5. The van der Waals surface area contributed by atoms with Crippen LogP contribution in [0.2, 0.25) is 0 Å². The number of nitrogens with zero attached hydrogens (tertiary/aromatic N) is 1. The van der Waals surface area contributed by atoms with Gasteiger partial charge < -0.3 is 20.1 Å². The van der Waals surface area contributed by atoms with Crippen LogP contribution in [0.4, 0.5) is 0 Å². The molecule has 2 fully saturated rings. The summed E-state index contributed by atoms with van der Waals surface area (Å²) in [6.07, 6.45) is -4.86. The van der Waals surface area contributed by atoms with Gasteiger partial charge in [0.25, 0.3) is 0 Å². The van der Waals surface area contributed by atoms with Crippen molar-refractivity contribution in [1.29, 1.82) is 5.26 Å². The Hall–Kier alpha value is -2.27. The van der Waals surface area contributed by atoms with Gasteiger partial charge in [-0.2, -0.15) is 5.26 Å². The van der Waals surface area contributed by atoms with E-state index in [1.165, 1.54) is 6.07 Å². The maximum atomic E-state index is 11.7. The maximum absolute atomic E-state index is 11.7. The van der Waals surface area contributed by atoms with E-state index in [1.807, 2.05) is 6.07 Å². The Morgan fingerprint density at radius 3 is 2.57 bits per heavy atom. The molecule has 1 aromatic rings. The molecule has 7 nitrogen and oxygen atoms in total. The molecule has 1 saturated carbocycles. The smallest absolute Gasteiger partial charge is 0.343 e. The molecular weight excluding hydrogens is 278 g/mol. The van der Waals surface area contributed by atoms with E-state index < -0.39 is 41.6 Å². The second-order valence-corrected chi connectivity index (χ2v) is 5.17. The van der Waals surface area contributed by atoms with E-state index in [-0.39, 0.29) is 0 Å². The third-order valence-electron chi connectivity index (χ3n) is 3.96. The van der Waals surface area contributed by atoms with Crippen LogP contribution in [0.5, 0.6) is 0 Å². The van der Waals surface area contributed by atoms with Crippen molar-refractivity contribution in [3.63, 3.8) is 0 Å². The van der Waals surface area contributed by atoms with E-state index in [2.05, 4.69) is 4.74 Å². The molecule has 2 aliphatic rings. The lowest BCUT2D eigenvalue weighted by molar-refractivity contribution is -0.153. The zero-order chi connectivity index (χ0) is 15.4. The highest BCUT2D eigenvalue weighted by Gasteiger charge is 2.74. The van der Waals surface area contributed by atoms with Crippen LogP contribution in [0, 0.1) is 11.3 Å². The molecule has 1 saturated heterocycles. The highest BCUT2D eigenvalue weighted by Crippen LogP contribution is 2.55. The number of esters is 1. The molecule has 108 valence electrons. The number of ketones is 1. The molecule has 0 radical (unpaired) electrons. The summed E-state index contributed by atoms with van der Waals surface area (Å²) in [4.78, 5) is 22.9. The first kappa shape index (κ1) is 13.7. The monoisotopic (exact) mass is 289 g/mol. The first-order valence-corrected chi connectivity index (χ1v) is 6.24. The van der Waals surface area contributed by atoms with Crippen molar-refractivity contribution in [2.24, 2.45) is 0 Å². The van der Waals surface area contributed by atoms with Crippen LogP contribution >= 0.6 is 0 Å². The molecule has 0 amide bonds. The Balaban J connectivity index is 1.92. The number of Topliss-reactive ketones (excluding diaryl/α,β-unsaturated/α-hetero) is 1. The van der Waals surface area contributed by atoms with Crippen molar-refractivity contribution < 1.29 is 29.6 Å². The lowest BCUT2D eigenvalue weighted by Crippen LogP contribution is -2.39. The Morgan fingerprint density at radius 2 is 2.00 bits per heavy atom. The lowest BCUT2D eigenvalue weighted by Gasteiger charge is -2.15. The highest BCUT2D eigenvalue weighted by molar-refractivity contribution is 6.10. The Bertz CT molecular complexity index is 680. The fourth-order valence-electron chi connectivity index (χ4n) is 2.77. The van der Waals surface area contributed by atoms with Crippen LogP contribution in [0.3, 0.4) is 0 Å². The van der Waals surface area contributed by atoms with E-state index in [9.17, 15) is 24.9 Å². The van der Waals surface area contributed by atoms with Gasteiger partial charge in [-0.25, -0.2) is 4.79 Å². The number of cyclic esters (lactones) is 1. The maximum Gasteiger partial charge on any atom is 0.343 e. The van der Waals surface area contributed by atoms with Gasteiger partial charge in [0.2, 0.25) is 11.9 Å². The molecule has 1 aliphatic carbocycles. The molecule has 21 heavy (non-hydrogen) atoms. The van der Waals surface area contributed by atoms with Gasteiger partial charge in [0.05, 0.1) is 17.7 Å². The van der Waals surface area contributed by atoms with Crippen LogP contribution in [0.15, 0.2) is 24.3 Å². The first-order valence-electron chi connectivity index (χ1n) is 6.24. The number of hydrogen-bond acceptors (Lipinski definition) is 7. The van der Waals surface area contributed by atoms with Gasteiger partial charge in [-0.05, 0) is 17.7 Å². The standard InChI is InChI=1S/C14H11NO6/c15-5-6-2-1-3-7(4-6)8-11(18)14(8,20)12-9(16)10(17)13(19)21-12/h1-4,8,10-12,17-18,20H/t8?,10?,11?,12-,14-/m0/s1. The zero-order valence-corrected chi connectivity index (χ0v) is 10.6. The molecule has 1 heterocycles. The summed E-state index contributed by atoms with van der Waals surface area (Å²) in [6.45, 7) is 0. The van der Waals surface area contributed by atoms with Crippen molar-refractivity contribution >= 4 is 11.8 Å². The fourth-order valence-corrected chi connectivity index (χ4v) is 2.77. The Morgan fingerprint density at radius 1 is 1.29 bits per heavy atom. The molecule has 5 atom stereocenters. The molecular formula is C14H11NO6. The summed E-state index contributed by atoms with van der Waals surface area (Å²) in [5.41, 5.74) is -1.18. The van der Waals surface area contributed by atoms with E-state index in [1.54, 1.807) is 18.2 Å². The van der Waals surface area contributed by atoms with Crippen LogP contribution < -0.4 is 0 Å². The number of aliphatic hydroxyl groups is 3. The summed E-state index contributed by atoms with van der Waals surface area (Å²) in [6, 6.07) is 8.13. The molecule has 3 rings (SSSR count). The number of rotatable bonds is 2. The molecule has 0 bridgehead atoms. The van der Waals surface area contributed by atoms with Crippen molar-refractivity contribution in [1.82, 2.24) is 0 Å². The van der Waals surface area contributed by atoms with Crippen molar-refractivity contribution in [3.8, 4) is 6.07 Å². The number of nitriles is 1. The fraction of sp³-hybridized carbons (Fsp3) is 0.357. The topological polar surface area (TPSA) is 128 Å². The van der Waals surface area contributed by atoms with Gasteiger partial charge in [0, 0.05) is 5.92 Å². The minimum atomic E-state index is -1.97. The second kappa shape index (κ2) is 4.36. The average molecular weight is 289 g/mol. The lowest BCUT2D eigenvalue weighted by atomic mass is 9.99. The molecule has 3 N–H and O–H groups in total. The molecule has 3 unspecified atom stereocenters. The van der Waals surface area contributed by atoms with Crippen LogP contribution in [-0.2, 0) is 14.3 Å². The number of aliphatic hydroxyl groups excluding tert-OH is 2. The first-order chi connectivity index (χ1) is 9.91. The minimum absolute atomic E-state index is 0.337. The van der Waals surface area contributed by atoms with Gasteiger partial charge in [0.15, 0.2) is 6.10 Å². The van der Waals surface area contributed by atoms with Crippen LogP contribution in [-0.4, -0.2) is 51.0 Å². The Kier molecular flexibility index (Phi) is 2.85. The Labute approximate surface area is 119 Å². The van der Waals surface area contributed by atoms with Gasteiger partial charge in [-0.3, -0.25) is 4.79 Å². The van der Waals surface area contributed by atoms with Gasteiger partial charge in [-0.15, -0.1) is 0 Å². The molecule has 0 aromatic heterocycles. The van der Waals surface area contributed by atoms with Crippen molar-refractivity contribution in [3.05, 3.63) is 35.4 Å². The summed E-state index contributed by atoms with van der Waals surface area (Å²) < 4.78 is 4.68. The largest absolute Gasteiger partial charge is 0.449 e. The van der Waals surface area contributed by atoms with Crippen molar-refractivity contribution in [2.75, 3.05) is 0 Å². The number of ether oxygens (including phenoxy) is 1. The third kappa shape index (κ3) is 1.77. The molecule has 0 spiro atoms. The number of benzene rings is 1. The van der Waals surface area contributed by atoms with E-state index >= 15 is 0 Å². The van der Waals surface area contributed by atoms with E-state index in [0.717, 1.165) is 0 Å². The molecule has 1 aliphatic heterocycles. The predicted molar refractivity (Wildman–Crippen MR) is 65.7 cm³/mol. The minimum Gasteiger partial charge on any atom is -0.449 e. The quantitative estimate of drug-likeness (QED) is 0.451. The zero-order valence-electron chi connectivity index (χ0n) is 10.6. The molecule has 1 aromatic carbocycles. The van der Waals surface area contributed by atoms with Gasteiger partial charge in [0.1, 0.15) is 5.60 Å². The van der Waals surface area contributed by atoms with Gasteiger partial charge in [-0.1, -0.05) is 12.1 Å². The summed E-state index contributed by atoms with van der Waals surface area (Å²) in [7, 11) is 0. The van der Waals surface area contributed by atoms with E-state index in [4.69, 9.17) is 5.26 Å². The van der Waals surface area contributed by atoms with Crippen molar-refractivity contribution in [2.45, 2.75) is 29.8 Å². The van der Waals surface area contributed by atoms with Crippen LogP contribution in [0.25, 0.3) is 0 Å². The number of hydrogen-bond donors (Lipinski definition) is 3. The SMILES string of the molecule is N#Cc1cccc(C2C(O)[C@]2(O)[C@H]2OC(=O)C(O)C2=O)c1. The predicted octanol–water partition coefficient (Wildman–Crippen LogP) is -1.40. The summed E-state index contributed by atoms with van der Waals surface area (Å²) in [5.74, 6) is -2.97. The number of carbonyl (C=O) groups is 2. The van der Waals surface area contributed by atoms with Crippen LogP contribution in [0.1, 0.15) is 17.0 Å². The highest BCUT2D eigenvalue weighted by atomic mass is 16.6. The third-order valence-corrected chi connectivity index (χ3v) is 3.96. The summed E-state index contributed by atoms with van der Waals surface area (Å²) >= 11 is 0. The van der Waals surface area contributed by atoms with E-state index in [0.29, 0.717) is 11.1 Å². The molecule has 7 heteroatoms.